The maximum atomic E-state index is 13.5. The predicted octanol–water partition coefficient (Wildman–Crippen LogP) is 5.66. The molecule has 1 atom stereocenters. The van der Waals surface area contributed by atoms with E-state index in [0.717, 1.165) is 21.8 Å². The summed E-state index contributed by atoms with van der Waals surface area (Å²) in [7, 11) is 1.21. The number of nitro benzene ring substituents is 1. The molecule has 4 aromatic rings. The molecule has 218 valence electrons. The summed E-state index contributed by atoms with van der Waals surface area (Å²) in [4.78, 5) is 55.5. The second kappa shape index (κ2) is 11.9. The zero-order valence-electron chi connectivity index (χ0n) is 23.3. The van der Waals surface area contributed by atoms with Gasteiger partial charge >= 0.3 is 11.9 Å². The van der Waals surface area contributed by atoms with Crippen molar-refractivity contribution in [1.82, 2.24) is 4.98 Å². The van der Waals surface area contributed by atoms with Gasteiger partial charge in [-0.2, -0.15) is 0 Å². The highest BCUT2D eigenvalue weighted by Gasteiger charge is 2.48. The molecule has 1 N–H and O–H groups in total. The molecular weight excluding hydrogens is 574 g/mol. The van der Waals surface area contributed by atoms with Crippen LogP contribution in [0.5, 0.6) is 5.75 Å². The molecular formula is C31H25N3O8S. The molecule has 1 aromatic heterocycles. The Bertz CT molecular complexity index is 1780. The Hall–Kier alpha value is -5.36. The maximum Gasteiger partial charge on any atom is 0.350 e. The fourth-order valence-corrected chi connectivity index (χ4v) is 5.75. The first-order chi connectivity index (χ1) is 20.6. The molecule has 0 radical (unpaired) electrons. The van der Waals surface area contributed by atoms with Crippen LogP contribution >= 0.6 is 11.3 Å². The molecule has 2 heterocycles. The first-order valence-electron chi connectivity index (χ1n) is 13.0. The maximum absolute atomic E-state index is 13.5. The number of nitrogens with zero attached hydrogens (tertiary/aromatic N) is 3. The Balaban J connectivity index is 1.59. The number of ketones is 1. The minimum Gasteiger partial charge on any atom is -0.507 e. The molecule has 0 spiro atoms. The minimum atomic E-state index is -1.19. The van der Waals surface area contributed by atoms with Gasteiger partial charge in [-0.1, -0.05) is 41.7 Å². The summed E-state index contributed by atoms with van der Waals surface area (Å²) < 4.78 is 10.7. The van der Waals surface area contributed by atoms with Crippen molar-refractivity contribution in [2.24, 2.45) is 0 Å². The highest BCUT2D eigenvalue weighted by Crippen LogP contribution is 2.44. The van der Waals surface area contributed by atoms with Crippen LogP contribution in [0.2, 0.25) is 0 Å². The quantitative estimate of drug-likeness (QED) is 0.0676. The van der Waals surface area contributed by atoms with Gasteiger partial charge in [0.15, 0.2) is 5.13 Å². The number of esters is 1. The first kappa shape index (κ1) is 29.1. The van der Waals surface area contributed by atoms with Crippen molar-refractivity contribution < 1.29 is 33.9 Å². The highest BCUT2D eigenvalue weighted by molar-refractivity contribution is 7.17. The first-order valence-corrected chi connectivity index (χ1v) is 13.8. The third kappa shape index (κ3) is 5.60. The lowest BCUT2D eigenvalue weighted by atomic mass is 9.94. The van der Waals surface area contributed by atoms with Gasteiger partial charge in [-0.25, -0.2) is 9.78 Å². The average Bonchev–Trinajstić information content (AvgIpc) is 3.52. The van der Waals surface area contributed by atoms with Crippen LogP contribution in [0.3, 0.4) is 0 Å². The van der Waals surface area contributed by atoms with Crippen molar-refractivity contribution in [2.75, 3.05) is 12.0 Å². The Kier molecular flexibility index (Phi) is 8.04. The second-order valence-electron chi connectivity index (χ2n) is 9.67. The summed E-state index contributed by atoms with van der Waals surface area (Å²) in [6.07, 6.45) is 0. The summed E-state index contributed by atoms with van der Waals surface area (Å²) >= 11 is 0.858. The molecule has 0 bridgehead atoms. The van der Waals surface area contributed by atoms with Crippen molar-refractivity contribution in [2.45, 2.75) is 26.5 Å². The third-order valence-electron chi connectivity index (χ3n) is 6.91. The molecule has 1 aliphatic heterocycles. The monoisotopic (exact) mass is 599 g/mol. The van der Waals surface area contributed by atoms with E-state index in [0.29, 0.717) is 23.5 Å². The molecule has 0 unspecified atom stereocenters. The van der Waals surface area contributed by atoms with E-state index in [1.165, 1.54) is 31.4 Å². The molecule has 1 aliphatic rings. The van der Waals surface area contributed by atoms with E-state index in [2.05, 4.69) is 4.98 Å². The lowest BCUT2D eigenvalue weighted by Crippen LogP contribution is -2.29. The minimum absolute atomic E-state index is 0.0308. The van der Waals surface area contributed by atoms with Crippen LogP contribution in [0.25, 0.3) is 5.76 Å². The smallest absolute Gasteiger partial charge is 0.350 e. The largest absolute Gasteiger partial charge is 0.507 e. The van der Waals surface area contributed by atoms with Crippen molar-refractivity contribution in [3.63, 3.8) is 0 Å². The number of hydrogen-bond acceptors (Lipinski definition) is 10. The number of benzene rings is 3. The average molecular weight is 600 g/mol. The molecule has 11 nitrogen and oxygen atoms in total. The number of aliphatic hydroxyl groups excluding tert-OH is 1. The molecule has 1 fully saturated rings. The molecule has 1 amide bonds. The Morgan fingerprint density at radius 2 is 1.77 bits per heavy atom. The predicted molar refractivity (Wildman–Crippen MR) is 158 cm³/mol. The van der Waals surface area contributed by atoms with Crippen molar-refractivity contribution in [3.05, 3.63) is 121 Å². The van der Waals surface area contributed by atoms with Crippen molar-refractivity contribution in [3.8, 4) is 5.75 Å². The number of thiazole rings is 1. The summed E-state index contributed by atoms with van der Waals surface area (Å²) in [6.45, 7) is 3.68. The number of non-ortho nitro benzene ring substituents is 1. The van der Waals surface area contributed by atoms with E-state index in [-0.39, 0.29) is 32.5 Å². The number of amides is 1. The lowest BCUT2D eigenvalue weighted by molar-refractivity contribution is -0.384. The number of carbonyl (C=O) groups is 3. The van der Waals surface area contributed by atoms with E-state index in [1.54, 1.807) is 32.0 Å². The van der Waals surface area contributed by atoms with Crippen LogP contribution in [0, 0.1) is 24.0 Å². The van der Waals surface area contributed by atoms with Gasteiger partial charge in [-0.15, -0.1) is 0 Å². The van der Waals surface area contributed by atoms with Crippen LogP contribution in [0.1, 0.15) is 43.7 Å². The van der Waals surface area contributed by atoms with Crippen LogP contribution in [-0.2, 0) is 20.9 Å². The third-order valence-corrected chi connectivity index (χ3v) is 8.05. The Morgan fingerprint density at radius 1 is 1.07 bits per heavy atom. The number of hydrogen-bond donors (Lipinski definition) is 1. The van der Waals surface area contributed by atoms with Gasteiger partial charge in [0.1, 0.15) is 23.0 Å². The van der Waals surface area contributed by atoms with Crippen molar-refractivity contribution in [1.29, 1.82) is 0 Å². The Labute approximate surface area is 249 Å². The molecule has 12 heteroatoms. The second-order valence-corrected chi connectivity index (χ2v) is 10.7. The van der Waals surface area contributed by atoms with Gasteiger partial charge in [0.05, 0.1) is 29.3 Å². The number of rotatable bonds is 8. The summed E-state index contributed by atoms with van der Waals surface area (Å²) in [5, 5.41) is 22.8. The van der Waals surface area contributed by atoms with E-state index in [1.807, 2.05) is 30.3 Å². The van der Waals surface area contributed by atoms with E-state index >= 15 is 0 Å². The number of ether oxygens (including phenoxy) is 2. The number of aliphatic hydroxyl groups is 1. The number of nitro groups is 1. The van der Waals surface area contributed by atoms with Gasteiger partial charge in [0, 0.05) is 17.7 Å². The molecule has 43 heavy (non-hydrogen) atoms. The van der Waals surface area contributed by atoms with E-state index in [9.17, 15) is 29.6 Å². The molecule has 5 rings (SSSR count). The van der Waals surface area contributed by atoms with Crippen LogP contribution in [0.4, 0.5) is 10.8 Å². The number of methoxy groups -OCH3 is 1. The molecule has 3 aromatic carbocycles. The van der Waals surface area contributed by atoms with Crippen molar-refractivity contribution >= 4 is 45.6 Å². The normalized spacial score (nSPS) is 15.9. The number of aryl methyl sites for hydroxylation is 2. The number of Topliss-reactive ketones (excluding diaryl/α,β-unsaturated/α-hetero) is 1. The fraction of sp³-hybridized carbons (Fsp3) is 0.161. The SMILES string of the molecule is COC(=O)c1sc(N2C(=O)C(=O)/C(=C(/O)c3ccc(OCc4ccccc4)c(C)c3)[C@H]2c2ccc([N+](=O)[O-])cc2)nc1C. The fourth-order valence-electron chi connectivity index (χ4n) is 4.74. The van der Waals surface area contributed by atoms with Gasteiger partial charge in [-0.05, 0) is 60.9 Å². The lowest BCUT2D eigenvalue weighted by Gasteiger charge is -2.23. The van der Waals surface area contributed by atoms with Gasteiger partial charge in [0.2, 0.25) is 0 Å². The van der Waals surface area contributed by atoms with E-state index < -0.39 is 34.4 Å². The topological polar surface area (TPSA) is 149 Å². The number of carbonyl (C=O) groups excluding carboxylic acids is 3. The number of anilines is 1. The van der Waals surface area contributed by atoms with Gasteiger partial charge < -0.3 is 14.6 Å². The number of aromatic nitrogens is 1. The zero-order valence-corrected chi connectivity index (χ0v) is 24.1. The van der Waals surface area contributed by atoms with Crippen LogP contribution in [0.15, 0.2) is 78.4 Å². The summed E-state index contributed by atoms with van der Waals surface area (Å²) in [5.41, 5.74) is 2.10. The van der Waals surface area contributed by atoms with Gasteiger partial charge in [-0.3, -0.25) is 24.6 Å². The van der Waals surface area contributed by atoms with Crippen LogP contribution in [-0.4, -0.2) is 39.8 Å². The molecule has 0 aliphatic carbocycles. The highest BCUT2D eigenvalue weighted by atomic mass is 32.1. The van der Waals surface area contributed by atoms with Gasteiger partial charge in [0.25, 0.3) is 11.5 Å². The van der Waals surface area contributed by atoms with Crippen LogP contribution < -0.4 is 9.64 Å². The van der Waals surface area contributed by atoms with E-state index in [4.69, 9.17) is 9.47 Å². The molecule has 1 saturated heterocycles. The molecule has 0 saturated carbocycles. The zero-order chi connectivity index (χ0) is 30.8. The standard InChI is InChI=1S/C31H25N3O8S/c1-17-15-21(11-14-23(17)42-16-19-7-5-4-6-8-19)26(35)24-25(20-9-12-22(13-10-20)34(39)40)33(29(37)27(24)36)31-32-18(2)28(43-31)30(38)41-3/h4-15,25,35H,16H2,1-3H3/b26-24+/t25-/m1/s1. The Morgan fingerprint density at radius 3 is 2.40 bits per heavy atom. The summed E-state index contributed by atoms with van der Waals surface area (Å²) in [6, 6.07) is 18.6. The summed E-state index contributed by atoms with van der Waals surface area (Å²) in [5.74, 6) is -2.48.